The maximum atomic E-state index is 11.5. The molecule has 0 saturated carbocycles. The molecule has 128 valence electrons. The van der Waals surface area contributed by atoms with Gasteiger partial charge < -0.3 is 9.84 Å². The number of aromatic amines is 1. The van der Waals surface area contributed by atoms with E-state index in [4.69, 9.17) is 9.84 Å². The lowest BCUT2D eigenvalue weighted by Crippen LogP contribution is -2.33. The van der Waals surface area contributed by atoms with Crippen molar-refractivity contribution < 1.29 is 9.84 Å². The molecule has 2 N–H and O–H groups in total. The zero-order valence-corrected chi connectivity index (χ0v) is 14.7. The highest BCUT2D eigenvalue weighted by atomic mass is 16.5. The van der Waals surface area contributed by atoms with Gasteiger partial charge in [-0.2, -0.15) is 0 Å². The number of aryl methyl sites for hydroxylation is 1. The molecule has 0 aromatic carbocycles. The van der Waals surface area contributed by atoms with Gasteiger partial charge in [0.25, 0.3) is 5.56 Å². The molecule has 0 saturated heterocycles. The summed E-state index contributed by atoms with van der Waals surface area (Å²) in [6.45, 7) is 13.5. The zero-order chi connectivity index (χ0) is 17.7. The minimum Gasteiger partial charge on any atom is -0.393 e. The minimum absolute atomic E-state index is 0.135. The maximum absolute atomic E-state index is 11.5. The third kappa shape index (κ3) is 6.41. The highest BCUT2D eigenvalue weighted by Crippen LogP contribution is 2.18. The van der Waals surface area contributed by atoms with Crippen LogP contribution in [-0.4, -0.2) is 27.4 Å². The lowest BCUT2D eigenvalue weighted by atomic mass is 10.3. The summed E-state index contributed by atoms with van der Waals surface area (Å²) in [4.78, 5) is 24.9. The smallest absolute Gasteiger partial charge is 0.330 e. The summed E-state index contributed by atoms with van der Waals surface area (Å²) >= 11 is 0. The fraction of sp³-hybridized carbons (Fsp3) is 0.625. The average Bonchev–Trinajstić information content (AvgIpc) is 3.05. The summed E-state index contributed by atoms with van der Waals surface area (Å²) in [6, 6.07) is 0. The van der Waals surface area contributed by atoms with Crippen molar-refractivity contribution in [3.8, 4) is 0 Å². The van der Waals surface area contributed by atoms with Crippen LogP contribution in [0.4, 0.5) is 0 Å². The fourth-order valence-corrected chi connectivity index (χ4v) is 1.53. The Hall–Kier alpha value is -1.66. The van der Waals surface area contributed by atoms with Crippen molar-refractivity contribution in [1.82, 2.24) is 9.55 Å². The molecular weight excluding hydrogens is 284 g/mol. The van der Waals surface area contributed by atoms with Crippen molar-refractivity contribution in [3.63, 3.8) is 0 Å². The first kappa shape index (κ1) is 22.6. The van der Waals surface area contributed by atoms with Gasteiger partial charge in [0.1, 0.15) is 6.10 Å². The third-order valence-electron chi connectivity index (χ3n) is 2.40. The van der Waals surface area contributed by atoms with E-state index < -0.39 is 23.6 Å². The lowest BCUT2D eigenvalue weighted by molar-refractivity contribution is -0.0104. The van der Waals surface area contributed by atoms with E-state index in [9.17, 15) is 9.59 Å². The second-order valence-corrected chi connectivity index (χ2v) is 3.61. The Bertz CT molecular complexity index is 532. The van der Waals surface area contributed by atoms with Crippen molar-refractivity contribution in [1.29, 1.82) is 0 Å². The van der Waals surface area contributed by atoms with Gasteiger partial charge >= 0.3 is 5.69 Å². The molecule has 2 atom stereocenters. The van der Waals surface area contributed by atoms with Crippen molar-refractivity contribution in [2.45, 2.75) is 60.8 Å². The first-order valence-corrected chi connectivity index (χ1v) is 7.88. The van der Waals surface area contributed by atoms with Gasteiger partial charge in [-0.3, -0.25) is 14.3 Å². The molecule has 0 radical (unpaired) electrons. The van der Waals surface area contributed by atoms with Gasteiger partial charge in [-0.05, 0) is 13.0 Å². The van der Waals surface area contributed by atoms with Crippen LogP contribution in [0.25, 0.3) is 0 Å². The number of aliphatic hydroxyl groups excluding tert-OH is 1. The molecule has 0 aliphatic carbocycles. The van der Waals surface area contributed by atoms with E-state index in [1.807, 2.05) is 41.5 Å². The summed E-state index contributed by atoms with van der Waals surface area (Å²) in [5, 5.41) is 8.88. The molecule has 2 unspecified atom stereocenters. The van der Waals surface area contributed by atoms with Crippen LogP contribution in [0.1, 0.15) is 53.3 Å². The summed E-state index contributed by atoms with van der Waals surface area (Å²) in [5.74, 6) is 0. The van der Waals surface area contributed by atoms with Gasteiger partial charge in [0.2, 0.25) is 0 Å². The summed E-state index contributed by atoms with van der Waals surface area (Å²) in [7, 11) is 0. The molecule has 0 spiro atoms. The standard InChI is InChI=1S/C10H12N2O4.3C2H6/c1-6-4-12(10(15)11-9(6)14)8-3-2-7(5-13)16-8;3*1-2/h2-4,7-8,13H,5H2,1H3,(H,11,14,15);3*1-2H3. The summed E-state index contributed by atoms with van der Waals surface area (Å²) in [6.07, 6.45) is 3.82. The maximum Gasteiger partial charge on any atom is 0.330 e. The molecule has 2 rings (SSSR count). The molecule has 2 heterocycles. The Morgan fingerprint density at radius 2 is 1.68 bits per heavy atom. The number of aromatic nitrogens is 2. The normalized spacial score (nSPS) is 18.2. The van der Waals surface area contributed by atoms with Crippen LogP contribution >= 0.6 is 0 Å². The molecule has 6 heteroatoms. The monoisotopic (exact) mass is 314 g/mol. The number of rotatable bonds is 2. The molecule has 22 heavy (non-hydrogen) atoms. The van der Waals surface area contributed by atoms with Crippen molar-refractivity contribution >= 4 is 0 Å². The number of ether oxygens (including phenoxy) is 1. The SMILES string of the molecule is CC.CC.CC.Cc1cn(C2C=CC(CO)O2)c(=O)[nH]c1=O. The lowest BCUT2D eigenvalue weighted by Gasteiger charge is -2.14. The molecule has 1 aromatic heterocycles. The minimum atomic E-state index is -0.569. The first-order chi connectivity index (χ1) is 10.6. The van der Waals surface area contributed by atoms with Crippen molar-refractivity contribution in [2.75, 3.05) is 6.61 Å². The van der Waals surface area contributed by atoms with Gasteiger partial charge in [0.15, 0.2) is 6.23 Å². The number of hydrogen-bond donors (Lipinski definition) is 2. The van der Waals surface area contributed by atoms with Crippen LogP contribution in [0.15, 0.2) is 27.9 Å². The van der Waals surface area contributed by atoms with E-state index in [1.165, 1.54) is 10.8 Å². The molecule has 0 amide bonds. The van der Waals surface area contributed by atoms with Crippen LogP contribution in [0.3, 0.4) is 0 Å². The second-order valence-electron chi connectivity index (χ2n) is 3.61. The van der Waals surface area contributed by atoms with Gasteiger partial charge in [-0.25, -0.2) is 4.79 Å². The third-order valence-corrected chi connectivity index (χ3v) is 2.40. The predicted molar refractivity (Wildman–Crippen MR) is 90.2 cm³/mol. The summed E-state index contributed by atoms with van der Waals surface area (Å²) in [5.41, 5.74) is -0.491. The Kier molecular flexibility index (Phi) is 13.4. The molecule has 1 aromatic rings. The largest absolute Gasteiger partial charge is 0.393 e. The van der Waals surface area contributed by atoms with Crippen LogP contribution in [-0.2, 0) is 4.74 Å². The first-order valence-electron chi connectivity index (χ1n) is 7.88. The Morgan fingerprint density at radius 3 is 2.14 bits per heavy atom. The molecule has 1 aliphatic rings. The van der Waals surface area contributed by atoms with Crippen molar-refractivity contribution in [3.05, 3.63) is 44.8 Å². The van der Waals surface area contributed by atoms with E-state index in [-0.39, 0.29) is 6.61 Å². The van der Waals surface area contributed by atoms with Gasteiger partial charge in [-0.1, -0.05) is 47.6 Å². The van der Waals surface area contributed by atoms with Gasteiger partial charge in [-0.15, -0.1) is 0 Å². The average molecular weight is 314 g/mol. The predicted octanol–water partition coefficient (Wildman–Crippen LogP) is 2.37. The second kappa shape index (κ2) is 13.0. The molecular formula is C16H30N2O4. The van der Waals surface area contributed by atoms with Gasteiger partial charge in [0, 0.05) is 11.8 Å². The Labute approximate surface area is 132 Å². The molecule has 1 aliphatic heterocycles. The number of aliphatic hydroxyl groups is 1. The Balaban J connectivity index is 0. The highest BCUT2D eigenvalue weighted by Gasteiger charge is 2.20. The number of H-pyrrole nitrogens is 1. The van der Waals surface area contributed by atoms with Gasteiger partial charge in [0.05, 0.1) is 6.61 Å². The van der Waals surface area contributed by atoms with Crippen LogP contribution in [0.5, 0.6) is 0 Å². The summed E-state index contributed by atoms with van der Waals surface area (Å²) < 4.78 is 6.63. The fourth-order valence-electron chi connectivity index (χ4n) is 1.53. The van der Waals surface area contributed by atoms with Crippen molar-refractivity contribution in [2.24, 2.45) is 0 Å². The molecule has 0 fully saturated rings. The number of nitrogens with zero attached hydrogens (tertiary/aromatic N) is 1. The quantitative estimate of drug-likeness (QED) is 0.821. The number of hydrogen-bond acceptors (Lipinski definition) is 4. The van der Waals surface area contributed by atoms with E-state index in [0.717, 1.165) is 0 Å². The van der Waals surface area contributed by atoms with E-state index in [0.29, 0.717) is 5.56 Å². The topological polar surface area (TPSA) is 84.3 Å². The zero-order valence-electron chi connectivity index (χ0n) is 14.7. The van der Waals surface area contributed by atoms with Crippen LogP contribution in [0.2, 0.25) is 0 Å². The molecule has 0 bridgehead atoms. The van der Waals surface area contributed by atoms with E-state index >= 15 is 0 Å². The highest BCUT2D eigenvalue weighted by molar-refractivity contribution is 5.06. The Morgan fingerprint density at radius 1 is 1.14 bits per heavy atom. The van der Waals surface area contributed by atoms with E-state index in [1.54, 1.807) is 19.1 Å². The van der Waals surface area contributed by atoms with E-state index in [2.05, 4.69) is 4.98 Å². The van der Waals surface area contributed by atoms with Crippen LogP contribution in [0, 0.1) is 6.92 Å². The van der Waals surface area contributed by atoms with Crippen LogP contribution < -0.4 is 11.2 Å². The molecule has 6 nitrogen and oxygen atoms in total. The number of nitrogens with one attached hydrogen (secondary N) is 1.